The summed E-state index contributed by atoms with van der Waals surface area (Å²) in [5.41, 5.74) is 7.64. The summed E-state index contributed by atoms with van der Waals surface area (Å²) >= 11 is 5.51. The fraction of sp³-hybridized carbons (Fsp3) is 0.250. The molecule has 0 radical (unpaired) electrons. The van der Waals surface area contributed by atoms with E-state index in [1.54, 1.807) is 0 Å². The Bertz CT molecular complexity index is 676. The van der Waals surface area contributed by atoms with Crippen LogP contribution in [0, 0.1) is 20.8 Å². The molecule has 21 heavy (non-hydrogen) atoms. The number of allylic oxidation sites excluding steroid dienone is 1. The van der Waals surface area contributed by atoms with E-state index in [4.69, 9.17) is 12.2 Å². The number of rotatable bonds is 4. The molecule has 0 bridgehead atoms. The highest BCUT2D eigenvalue weighted by molar-refractivity contribution is 7.81. The van der Waals surface area contributed by atoms with Gasteiger partial charge in [0.1, 0.15) is 0 Å². The molecule has 0 spiro atoms. The van der Waals surface area contributed by atoms with Gasteiger partial charge in [-0.15, -0.1) is 0 Å². The second-order valence-corrected chi connectivity index (χ2v) is 5.98. The predicted octanol–water partition coefficient (Wildman–Crippen LogP) is 5.61. The Morgan fingerprint density at radius 3 is 2.19 bits per heavy atom. The first-order chi connectivity index (χ1) is 10.0. The fourth-order valence-electron chi connectivity index (χ4n) is 2.33. The van der Waals surface area contributed by atoms with E-state index in [2.05, 4.69) is 70.2 Å². The number of hydrogen-bond donors (Lipinski definition) is 0. The Morgan fingerprint density at radius 2 is 1.57 bits per heavy atom. The lowest BCUT2D eigenvalue weighted by molar-refractivity contribution is 1.14. The van der Waals surface area contributed by atoms with Crippen LogP contribution in [-0.4, -0.2) is 4.86 Å². The van der Waals surface area contributed by atoms with Crippen LogP contribution in [0.2, 0.25) is 0 Å². The number of aryl methyl sites for hydroxylation is 4. The molecule has 0 aliphatic rings. The van der Waals surface area contributed by atoms with Gasteiger partial charge in [0.15, 0.2) is 0 Å². The van der Waals surface area contributed by atoms with Crippen molar-refractivity contribution in [3.63, 3.8) is 0 Å². The summed E-state index contributed by atoms with van der Waals surface area (Å²) in [7, 11) is 0. The summed E-state index contributed by atoms with van der Waals surface area (Å²) in [4.78, 5) is 0.885. The maximum atomic E-state index is 5.51. The van der Waals surface area contributed by atoms with Crippen molar-refractivity contribution in [3.8, 4) is 0 Å². The summed E-state index contributed by atoms with van der Waals surface area (Å²) in [6.07, 6.45) is 5.22. The van der Waals surface area contributed by atoms with Crippen molar-refractivity contribution in [3.05, 3.63) is 75.9 Å². The van der Waals surface area contributed by atoms with E-state index in [0.29, 0.717) is 0 Å². The van der Waals surface area contributed by atoms with E-state index >= 15 is 0 Å². The van der Waals surface area contributed by atoms with Gasteiger partial charge in [0, 0.05) is 4.86 Å². The second-order valence-electron chi connectivity index (χ2n) is 5.54. The molecule has 0 atom stereocenters. The summed E-state index contributed by atoms with van der Waals surface area (Å²) in [6, 6.07) is 13.0. The zero-order chi connectivity index (χ0) is 15.4. The molecule has 0 saturated carbocycles. The first-order valence-corrected chi connectivity index (χ1v) is 7.81. The van der Waals surface area contributed by atoms with E-state index in [0.717, 1.165) is 16.8 Å². The van der Waals surface area contributed by atoms with Crippen LogP contribution in [-0.2, 0) is 6.42 Å². The Labute approximate surface area is 133 Å². The van der Waals surface area contributed by atoms with E-state index in [1.807, 2.05) is 6.08 Å². The molecule has 1 heteroatoms. The van der Waals surface area contributed by atoms with Crippen molar-refractivity contribution < 1.29 is 0 Å². The van der Waals surface area contributed by atoms with Crippen LogP contribution in [0.5, 0.6) is 0 Å². The van der Waals surface area contributed by atoms with Gasteiger partial charge >= 0.3 is 0 Å². The highest BCUT2D eigenvalue weighted by Gasteiger charge is 2.01. The highest BCUT2D eigenvalue weighted by atomic mass is 32.1. The number of benzene rings is 2. The second kappa shape index (κ2) is 6.82. The quantitative estimate of drug-likeness (QED) is 0.401. The predicted molar refractivity (Wildman–Crippen MR) is 97.2 cm³/mol. The molecule has 0 fully saturated rings. The Hall–Kier alpha value is -1.73. The summed E-state index contributed by atoms with van der Waals surface area (Å²) in [6.45, 7) is 8.60. The fourth-order valence-corrected chi connectivity index (χ4v) is 2.53. The number of hydrogen-bond acceptors (Lipinski definition) is 1. The van der Waals surface area contributed by atoms with Crippen LogP contribution in [0.3, 0.4) is 0 Å². The van der Waals surface area contributed by atoms with Gasteiger partial charge < -0.3 is 0 Å². The van der Waals surface area contributed by atoms with Crippen LogP contribution in [0.1, 0.15) is 40.3 Å². The minimum Gasteiger partial charge on any atom is -0.0795 e. The Kier molecular flexibility index (Phi) is 5.08. The Balaban J connectivity index is 2.20. The molecule has 2 rings (SSSR count). The first kappa shape index (κ1) is 15.7. The summed E-state index contributed by atoms with van der Waals surface area (Å²) in [5, 5.41) is 0. The third kappa shape index (κ3) is 3.89. The first-order valence-electron chi connectivity index (χ1n) is 7.40. The molecule has 108 valence electrons. The monoisotopic (exact) mass is 294 g/mol. The lowest BCUT2D eigenvalue weighted by Gasteiger charge is -2.06. The van der Waals surface area contributed by atoms with Crippen LogP contribution < -0.4 is 0 Å². The zero-order valence-electron chi connectivity index (χ0n) is 13.2. The van der Waals surface area contributed by atoms with Crippen LogP contribution >= 0.6 is 12.2 Å². The molecule has 0 aliphatic carbocycles. The molecule has 0 aliphatic heterocycles. The van der Waals surface area contributed by atoms with E-state index in [9.17, 15) is 0 Å². The average Bonchev–Trinajstić information content (AvgIpc) is 2.49. The van der Waals surface area contributed by atoms with Gasteiger partial charge in [0.25, 0.3) is 0 Å². The van der Waals surface area contributed by atoms with Crippen LogP contribution in [0.25, 0.3) is 6.08 Å². The molecule has 0 heterocycles. The lowest BCUT2D eigenvalue weighted by atomic mass is 10.00. The molecular formula is C20H22S. The van der Waals surface area contributed by atoms with Crippen molar-refractivity contribution in [1.29, 1.82) is 0 Å². The molecular weight excluding hydrogens is 272 g/mol. The third-order valence-electron chi connectivity index (χ3n) is 3.94. The molecule has 2 aromatic carbocycles. The highest BCUT2D eigenvalue weighted by Crippen LogP contribution is 2.17. The van der Waals surface area contributed by atoms with Crippen molar-refractivity contribution in [1.82, 2.24) is 0 Å². The maximum absolute atomic E-state index is 5.51. The van der Waals surface area contributed by atoms with Gasteiger partial charge in [-0.05, 0) is 66.6 Å². The van der Waals surface area contributed by atoms with Crippen molar-refractivity contribution in [2.45, 2.75) is 34.1 Å². The minimum atomic E-state index is 0.885. The van der Waals surface area contributed by atoms with Crippen molar-refractivity contribution in [2.24, 2.45) is 0 Å². The molecule has 0 aromatic heterocycles. The molecule has 0 N–H and O–H groups in total. The molecule has 2 aromatic rings. The van der Waals surface area contributed by atoms with E-state index in [-0.39, 0.29) is 0 Å². The average molecular weight is 294 g/mol. The van der Waals surface area contributed by atoms with Crippen molar-refractivity contribution in [2.75, 3.05) is 0 Å². The standard InChI is InChI=1S/C20H22S/c1-5-17-6-8-18(9-7-17)20(21)11-10-19-13-15(3)14(2)12-16(19)4/h6-13H,5H2,1-4H3. The third-order valence-corrected chi connectivity index (χ3v) is 4.32. The number of thiocarbonyl (C=S) groups is 1. The van der Waals surface area contributed by atoms with Crippen molar-refractivity contribution >= 4 is 23.2 Å². The maximum Gasteiger partial charge on any atom is 0.0449 e. The summed E-state index contributed by atoms with van der Waals surface area (Å²) in [5.74, 6) is 0. The van der Waals surface area contributed by atoms with Crippen LogP contribution in [0.4, 0.5) is 0 Å². The zero-order valence-corrected chi connectivity index (χ0v) is 14.1. The molecule has 0 saturated heterocycles. The van der Waals surface area contributed by atoms with Gasteiger partial charge in [-0.3, -0.25) is 0 Å². The molecule has 0 unspecified atom stereocenters. The SMILES string of the molecule is CCc1ccc(C(=S)C=Cc2cc(C)c(C)cc2C)cc1. The largest absolute Gasteiger partial charge is 0.0795 e. The smallest absolute Gasteiger partial charge is 0.0449 e. The summed E-state index contributed by atoms with van der Waals surface area (Å²) < 4.78 is 0. The van der Waals surface area contributed by atoms with Gasteiger partial charge in [-0.1, -0.05) is 61.6 Å². The van der Waals surface area contributed by atoms with Crippen LogP contribution in [0.15, 0.2) is 42.5 Å². The lowest BCUT2D eigenvalue weighted by Crippen LogP contribution is -1.93. The van der Waals surface area contributed by atoms with Gasteiger partial charge in [0.05, 0.1) is 0 Å². The normalized spacial score (nSPS) is 11.0. The molecule has 0 nitrogen and oxygen atoms in total. The van der Waals surface area contributed by atoms with Gasteiger partial charge in [-0.25, -0.2) is 0 Å². The van der Waals surface area contributed by atoms with Gasteiger partial charge in [-0.2, -0.15) is 0 Å². The minimum absolute atomic E-state index is 0.885. The van der Waals surface area contributed by atoms with E-state index < -0.39 is 0 Å². The molecule has 0 amide bonds. The Morgan fingerprint density at radius 1 is 0.952 bits per heavy atom. The topological polar surface area (TPSA) is 0 Å². The van der Waals surface area contributed by atoms with E-state index in [1.165, 1.54) is 27.8 Å². The van der Waals surface area contributed by atoms with Gasteiger partial charge in [0.2, 0.25) is 0 Å².